The Kier molecular flexibility index (Phi) is 3.44. The van der Waals surface area contributed by atoms with Gasteiger partial charge in [0.2, 0.25) is 0 Å². The van der Waals surface area contributed by atoms with Crippen LogP contribution >= 0.6 is 0 Å². The zero-order chi connectivity index (χ0) is 14.8. The van der Waals surface area contributed by atoms with E-state index in [2.05, 4.69) is 10.6 Å². The standard InChI is InChI=1S/C17H16N2O2/c1-11-2-5-14(6-3-11)18-17(21)19-15-7-4-12-9-16(20)10-13(12)8-15/h2-8H,9-10H2,1H3,(H2,18,19,21). The van der Waals surface area contributed by atoms with Gasteiger partial charge in [0, 0.05) is 24.2 Å². The maximum Gasteiger partial charge on any atom is 0.323 e. The van der Waals surface area contributed by atoms with E-state index >= 15 is 0 Å². The Bertz CT molecular complexity index is 705. The lowest BCUT2D eigenvalue weighted by Gasteiger charge is -2.09. The molecule has 2 aromatic carbocycles. The van der Waals surface area contributed by atoms with Gasteiger partial charge in [0.15, 0.2) is 0 Å². The van der Waals surface area contributed by atoms with E-state index in [1.165, 1.54) is 0 Å². The van der Waals surface area contributed by atoms with Crippen molar-refractivity contribution in [2.75, 3.05) is 10.6 Å². The van der Waals surface area contributed by atoms with Gasteiger partial charge >= 0.3 is 6.03 Å². The van der Waals surface area contributed by atoms with E-state index in [0.29, 0.717) is 18.5 Å². The van der Waals surface area contributed by atoms with Crippen molar-refractivity contribution in [3.05, 3.63) is 59.2 Å². The molecule has 1 aliphatic carbocycles. The fraction of sp³-hybridized carbons (Fsp3) is 0.176. The number of amides is 2. The first-order valence-corrected chi connectivity index (χ1v) is 6.88. The van der Waals surface area contributed by atoms with Crippen LogP contribution in [0.3, 0.4) is 0 Å². The van der Waals surface area contributed by atoms with Gasteiger partial charge in [-0.15, -0.1) is 0 Å². The first-order valence-electron chi connectivity index (χ1n) is 6.88. The summed E-state index contributed by atoms with van der Waals surface area (Å²) in [6, 6.07) is 12.9. The smallest absolute Gasteiger partial charge is 0.308 e. The van der Waals surface area contributed by atoms with Crippen LogP contribution in [0.1, 0.15) is 16.7 Å². The second kappa shape index (κ2) is 5.40. The average molecular weight is 280 g/mol. The van der Waals surface area contributed by atoms with Crippen molar-refractivity contribution < 1.29 is 9.59 Å². The molecule has 0 heterocycles. The minimum Gasteiger partial charge on any atom is -0.308 e. The highest BCUT2D eigenvalue weighted by Gasteiger charge is 2.18. The number of aryl methyl sites for hydroxylation is 1. The number of Topliss-reactive ketones (excluding diaryl/α,β-unsaturated/α-hetero) is 1. The number of fused-ring (bicyclic) bond motifs is 1. The van der Waals surface area contributed by atoms with Crippen LogP contribution in [-0.4, -0.2) is 11.8 Å². The van der Waals surface area contributed by atoms with Gasteiger partial charge in [-0.1, -0.05) is 23.8 Å². The number of anilines is 2. The molecule has 0 aromatic heterocycles. The van der Waals surface area contributed by atoms with E-state index in [4.69, 9.17) is 0 Å². The third-order valence-electron chi connectivity index (χ3n) is 3.55. The minimum absolute atomic E-state index is 0.228. The number of urea groups is 1. The molecule has 0 radical (unpaired) electrons. The predicted octanol–water partition coefficient (Wildman–Crippen LogP) is 3.31. The summed E-state index contributed by atoms with van der Waals surface area (Å²) in [6.45, 7) is 2.00. The second-order valence-electron chi connectivity index (χ2n) is 5.32. The molecule has 4 heteroatoms. The normalized spacial score (nSPS) is 12.9. The molecule has 1 aliphatic rings. The first kappa shape index (κ1) is 13.4. The lowest BCUT2D eigenvalue weighted by molar-refractivity contribution is -0.117. The Hall–Kier alpha value is -2.62. The SMILES string of the molecule is Cc1ccc(NC(=O)Nc2ccc3c(c2)CC(=O)C3)cc1. The van der Waals surface area contributed by atoms with Crippen LogP contribution in [0.2, 0.25) is 0 Å². The fourth-order valence-corrected chi connectivity index (χ4v) is 2.46. The molecular formula is C17H16N2O2. The number of rotatable bonds is 2. The molecular weight excluding hydrogens is 264 g/mol. The summed E-state index contributed by atoms with van der Waals surface area (Å²) in [4.78, 5) is 23.3. The van der Waals surface area contributed by atoms with Crippen LogP contribution in [0, 0.1) is 6.92 Å². The largest absolute Gasteiger partial charge is 0.323 e. The van der Waals surface area contributed by atoms with Crippen LogP contribution in [0.5, 0.6) is 0 Å². The highest BCUT2D eigenvalue weighted by molar-refractivity contribution is 6.00. The van der Waals surface area contributed by atoms with Gasteiger partial charge in [-0.3, -0.25) is 4.79 Å². The molecule has 0 bridgehead atoms. The van der Waals surface area contributed by atoms with E-state index in [1.807, 2.05) is 49.4 Å². The Morgan fingerprint density at radius 3 is 2.29 bits per heavy atom. The van der Waals surface area contributed by atoms with Crippen molar-refractivity contribution >= 4 is 23.2 Å². The number of hydrogen-bond donors (Lipinski definition) is 2. The minimum atomic E-state index is -0.289. The molecule has 0 unspecified atom stereocenters. The van der Waals surface area contributed by atoms with Crippen LogP contribution in [-0.2, 0) is 17.6 Å². The summed E-state index contributed by atoms with van der Waals surface area (Å²) in [7, 11) is 0. The van der Waals surface area contributed by atoms with Crippen molar-refractivity contribution in [1.82, 2.24) is 0 Å². The maximum absolute atomic E-state index is 11.9. The van der Waals surface area contributed by atoms with E-state index < -0.39 is 0 Å². The maximum atomic E-state index is 11.9. The average Bonchev–Trinajstić information content (AvgIpc) is 2.80. The molecule has 0 aliphatic heterocycles. The van der Waals surface area contributed by atoms with E-state index in [-0.39, 0.29) is 11.8 Å². The van der Waals surface area contributed by atoms with Crippen LogP contribution in [0.25, 0.3) is 0 Å². The van der Waals surface area contributed by atoms with Crippen molar-refractivity contribution in [3.8, 4) is 0 Å². The van der Waals surface area contributed by atoms with Gasteiger partial charge in [0.1, 0.15) is 5.78 Å². The molecule has 21 heavy (non-hydrogen) atoms. The molecule has 0 saturated heterocycles. The monoisotopic (exact) mass is 280 g/mol. The molecule has 2 N–H and O–H groups in total. The Morgan fingerprint density at radius 2 is 1.52 bits per heavy atom. The van der Waals surface area contributed by atoms with Crippen LogP contribution < -0.4 is 10.6 Å². The summed E-state index contributed by atoms with van der Waals surface area (Å²) in [6.07, 6.45) is 0.968. The van der Waals surface area contributed by atoms with Gasteiger partial charge in [-0.2, -0.15) is 0 Å². The van der Waals surface area contributed by atoms with Crippen molar-refractivity contribution in [2.45, 2.75) is 19.8 Å². The Morgan fingerprint density at radius 1 is 0.905 bits per heavy atom. The molecule has 0 spiro atoms. The molecule has 4 nitrogen and oxygen atoms in total. The quantitative estimate of drug-likeness (QED) is 0.886. The summed E-state index contributed by atoms with van der Waals surface area (Å²) in [5, 5.41) is 5.57. The summed E-state index contributed by atoms with van der Waals surface area (Å²) in [5.41, 5.74) is 4.66. The number of benzene rings is 2. The van der Waals surface area contributed by atoms with E-state index in [1.54, 1.807) is 0 Å². The second-order valence-corrected chi connectivity index (χ2v) is 5.32. The third kappa shape index (κ3) is 3.11. The molecule has 106 valence electrons. The lowest BCUT2D eigenvalue weighted by Crippen LogP contribution is -2.19. The zero-order valence-corrected chi connectivity index (χ0v) is 11.8. The molecule has 2 aromatic rings. The van der Waals surface area contributed by atoms with E-state index in [9.17, 15) is 9.59 Å². The molecule has 3 rings (SSSR count). The van der Waals surface area contributed by atoms with Crippen molar-refractivity contribution in [1.29, 1.82) is 0 Å². The fourth-order valence-electron chi connectivity index (χ4n) is 2.46. The van der Waals surface area contributed by atoms with Crippen LogP contribution in [0.15, 0.2) is 42.5 Å². The summed E-state index contributed by atoms with van der Waals surface area (Å²) >= 11 is 0. The highest BCUT2D eigenvalue weighted by Crippen LogP contribution is 2.23. The van der Waals surface area contributed by atoms with Gasteiger partial charge in [0.05, 0.1) is 0 Å². The number of hydrogen-bond acceptors (Lipinski definition) is 2. The first-order chi connectivity index (χ1) is 10.1. The molecule has 0 atom stereocenters. The van der Waals surface area contributed by atoms with Gasteiger partial charge in [0.25, 0.3) is 0 Å². The van der Waals surface area contributed by atoms with E-state index in [0.717, 1.165) is 22.4 Å². The summed E-state index contributed by atoms with van der Waals surface area (Å²) < 4.78 is 0. The topological polar surface area (TPSA) is 58.2 Å². The Labute approximate surface area is 123 Å². The zero-order valence-electron chi connectivity index (χ0n) is 11.8. The number of nitrogens with one attached hydrogen (secondary N) is 2. The lowest BCUT2D eigenvalue weighted by atomic mass is 10.1. The molecule has 2 amide bonds. The van der Waals surface area contributed by atoms with Gasteiger partial charge < -0.3 is 10.6 Å². The van der Waals surface area contributed by atoms with Crippen molar-refractivity contribution in [2.24, 2.45) is 0 Å². The summed E-state index contributed by atoms with van der Waals surface area (Å²) in [5.74, 6) is 0.228. The number of carbonyl (C=O) groups excluding carboxylic acids is 2. The molecule has 0 fully saturated rings. The predicted molar refractivity (Wildman–Crippen MR) is 82.7 cm³/mol. The Balaban J connectivity index is 1.66. The van der Waals surface area contributed by atoms with Gasteiger partial charge in [-0.05, 0) is 42.3 Å². The van der Waals surface area contributed by atoms with Crippen LogP contribution in [0.4, 0.5) is 16.2 Å². The number of ketones is 1. The number of carbonyl (C=O) groups is 2. The van der Waals surface area contributed by atoms with Gasteiger partial charge in [-0.25, -0.2) is 4.79 Å². The third-order valence-corrected chi connectivity index (χ3v) is 3.55. The molecule has 0 saturated carbocycles. The highest BCUT2D eigenvalue weighted by atomic mass is 16.2. The van der Waals surface area contributed by atoms with Crippen molar-refractivity contribution in [3.63, 3.8) is 0 Å².